The predicted octanol–water partition coefficient (Wildman–Crippen LogP) is 3.05. The average molecular weight is 354 g/mol. The maximum Gasteiger partial charge on any atom is 0.240 e. The minimum absolute atomic E-state index is 0.109. The molecule has 0 spiro atoms. The van der Waals surface area contributed by atoms with Gasteiger partial charge in [-0.1, -0.05) is 42.5 Å². The van der Waals surface area contributed by atoms with Gasteiger partial charge in [0.25, 0.3) is 0 Å². The number of para-hydroxylation sites is 1. The van der Waals surface area contributed by atoms with Crippen LogP contribution in [0.5, 0.6) is 5.75 Å². The Labute approximate surface area is 154 Å². The fourth-order valence-corrected chi connectivity index (χ4v) is 3.22. The summed E-state index contributed by atoms with van der Waals surface area (Å²) in [7, 11) is 1.67. The molecule has 1 atom stereocenters. The first-order chi connectivity index (χ1) is 12.5. The number of methoxy groups -OCH3 is 1. The number of rotatable bonds is 5. The van der Waals surface area contributed by atoms with Crippen LogP contribution < -0.4 is 15.8 Å². The van der Waals surface area contributed by atoms with Crippen LogP contribution in [0.4, 0.5) is 0 Å². The van der Waals surface area contributed by atoms with E-state index in [2.05, 4.69) is 5.32 Å². The van der Waals surface area contributed by atoms with Gasteiger partial charge in [-0.25, -0.2) is 0 Å². The Morgan fingerprint density at radius 3 is 2.46 bits per heavy atom. The van der Waals surface area contributed by atoms with Gasteiger partial charge >= 0.3 is 0 Å². The summed E-state index contributed by atoms with van der Waals surface area (Å²) in [5.41, 5.74) is 8.58. The topological polar surface area (TPSA) is 73.6 Å². The van der Waals surface area contributed by atoms with Gasteiger partial charge in [-0.2, -0.15) is 0 Å². The summed E-state index contributed by atoms with van der Waals surface area (Å²) in [4.78, 5) is 12.6. The molecule has 0 radical (unpaired) electrons. The van der Waals surface area contributed by atoms with Crippen LogP contribution in [0.1, 0.15) is 31.4 Å². The summed E-state index contributed by atoms with van der Waals surface area (Å²) in [5.74, 6) is 0.730. The zero-order valence-corrected chi connectivity index (χ0v) is 15.3. The normalized spacial score (nSPS) is 17.3. The minimum atomic E-state index is -0.830. The standard InChI is InChI=1S/C21H26N2O3/c1-15(23-20(24)21(22)11-13-26-14-12-21)16-7-9-17(10-8-16)18-5-3-4-6-19(18)25-2/h3-10,15H,11-14,22H2,1-2H3,(H,23,24). The zero-order chi connectivity index (χ0) is 18.6. The fraction of sp³-hybridized carbons (Fsp3) is 0.381. The van der Waals surface area contributed by atoms with E-state index < -0.39 is 5.54 Å². The molecule has 1 heterocycles. The second-order valence-electron chi connectivity index (χ2n) is 6.79. The Bertz CT molecular complexity index is 752. The van der Waals surface area contributed by atoms with Crippen LogP contribution in [-0.4, -0.2) is 31.8 Å². The summed E-state index contributed by atoms with van der Waals surface area (Å²) in [6.07, 6.45) is 1.11. The third-order valence-corrected chi connectivity index (χ3v) is 5.01. The van der Waals surface area contributed by atoms with Crippen LogP contribution in [0, 0.1) is 0 Å². The molecule has 2 aromatic carbocycles. The third kappa shape index (κ3) is 3.89. The zero-order valence-electron chi connectivity index (χ0n) is 15.3. The molecule has 138 valence electrons. The summed E-state index contributed by atoms with van der Waals surface area (Å²) < 4.78 is 10.7. The van der Waals surface area contributed by atoms with Crippen molar-refractivity contribution in [1.82, 2.24) is 5.32 Å². The van der Waals surface area contributed by atoms with Crippen LogP contribution >= 0.6 is 0 Å². The summed E-state index contributed by atoms with van der Waals surface area (Å²) in [6.45, 7) is 3.04. The van der Waals surface area contributed by atoms with Gasteiger partial charge in [-0.05, 0) is 37.0 Å². The molecule has 1 aliphatic heterocycles. The lowest BCUT2D eigenvalue weighted by atomic mass is 9.90. The predicted molar refractivity (Wildman–Crippen MR) is 102 cm³/mol. The molecule has 0 aliphatic carbocycles. The Balaban J connectivity index is 1.71. The van der Waals surface area contributed by atoms with Gasteiger partial charge in [0.1, 0.15) is 5.75 Å². The van der Waals surface area contributed by atoms with Gasteiger partial charge in [-0.3, -0.25) is 4.79 Å². The first-order valence-electron chi connectivity index (χ1n) is 8.94. The average Bonchev–Trinajstić information content (AvgIpc) is 2.68. The summed E-state index contributed by atoms with van der Waals surface area (Å²) >= 11 is 0. The fourth-order valence-electron chi connectivity index (χ4n) is 3.22. The van der Waals surface area contributed by atoms with Gasteiger partial charge in [0.2, 0.25) is 5.91 Å². The maximum atomic E-state index is 12.6. The van der Waals surface area contributed by atoms with Gasteiger partial charge in [0, 0.05) is 18.8 Å². The highest BCUT2D eigenvalue weighted by molar-refractivity contribution is 5.86. The first-order valence-corrected chi connectivity index (χ1v) is 8.94. The highest BCUT2D eigenvalue weighted by atomic mass is 16.5. The molecular weight excluding hydrogens is 328 g/mol. The van der Waals surface area contributed by atoms with E-state index in [-0.39, 0.29) is 11.9 Å². The van der Waals surface area contributed by atoms with Crippen molar-refractivity contribution < 1.29 is 14.3 Å². The number of nitrogens with two attached hydrogens (primary N) is 1. The molecule has 3 rings (SSSR count). The number of hydrogen-bond acceptors (Lipinski definition) is 4. The van der Waals surface area contributed by atoms with Crippen molar-refractivity contribution in [1.29, 1.82) is 0 Å². The van der Waals surface area contributed by atoms with Crippen molar-refractivity contribution in [2.24, 2.45) is 5.73 Å². The number of benzene rings is 2. The van der Waals surface area contributed by atoms with Gasteiger partial charge < -0.3 is 20.5 Å². The molecule has 3 N–H and O–H groups in total. The first kappa shape index (κ1) is 18.4. The maximum absolute atomic E-state index is 12.6. The molecule has 2 aromatic rings. The van der Waals surface area contributed by atoms with E-state index in [9.17, 15) is 4.79 Å². The van der Waals surface area contributed by atoms with Crippen LogP contribution in [-0.2, 0) is 9.53 Å². The highest BCUT2D eigenvalue weighted by Gasteiger charge is 2.36. The molecule has 1 aliphatic rings. The molecule has 1 saturated heterocycles. The van der Waals surface area contributed by atoms with Crippen molar-refractivity contribution >= 4 is 5.91 Å². The lowest BCUT2D eigenvalue weighted by Gasteiger charge is -2.33. The Morgan fingerprint density at radius 2 is 1.81 bits per heavy atom. The van der Waals surface area contributed by atoms with E-state index in [1.54, 1.807) is 7.11 Å². The number of ether oxygens (including phenoxy) is 2. The van der Waals surface area contributed by atoms with Crippen molar-refractivity contribution in [2.45, 2.75) is 31.3 Å². The van der Waals surface area contributed by atoms with Crippen LogP contribution in [0.2, 0.25) is 0 Å². The van der Waals surface area contributed by atoms with Crippen molar-refractivity contribution in [3.63, 3.8) is 0 Å². The number of carbonyl (C=O) groups excluding carboxylic acids is 1. The van der Waals surface area contributed by atoms with E-state index in [4.69, 9.17) is 15.2 Å². The number of hydrogen-bond donors (Lipinski definition) is 2. The minimum Gasteiger partial charge on any atom is -0.496 e. The van der Waals surface area contributed by atoms with E-state index in [1.165, 1.54) is 0 Å². The Hall–Kier alpha value is -2.37. The van der Waals surface area contributed by atoms with Gasteiger partial charge in [0.15, 0.2) is 0 Å². The lowest BCUT2D eigenvalue weighted by Crippen LogP contribution is -2.57. The largest absolute Gasteiger partial charge is 0.496 e. The summed E-state index contributed by atoms with van der Waals surface area (Å²) in [6, 6.07) is 15.9. The van der Waals surface area contributed by atoms with E-state index in [0.717, 1.165) is 22.4 Å². The van der Waals surface area contributed by atoms with Crippen LogP contribution in [0.25, 0.3) is 11.1 Å². The molecule has 0 saturated carbocycles. The van der Waals surface area contributed by atoms with Crippen molar-refractivity contribution in [2.75, 3.05) is 20.3 Å². The quantitative estimate of drug-likeness (QED) is 0.865. The van der Waals surface area contributed by atoms with E-state index >= 15 is 0 Å². The third-order valence-electron chi connectivity index (χ3n) is 5.01. The number of nitrogens with one attached hydrogen (secondary N) is 1. The van der Waals surface area contributed by atoms with Crippen LogP contribution in [0.3, 0.4) is 0 Å². The van der Waals surface area contributed by atoms with Gasteiger partial charge in [-0.15, -0.1) is 0 Å². The molecule has 0 aromatic heterocycles. The number of carbonyl (C=O) groups is 1. The van der Waals surface area contributed by atoms with Gasteiger partial charge in [0.05, 0.1) is 18.7 Å². The van der Waals surface area contributed by atoms with E-state index in [1.807, 2.05) is 55.5 Å². The van der Waals surface area contributed by atoms with Crippen LogP contribution in [0.15, 0.2) is 48.5 Å². The summed E-state index contributed by atoms with van der Waals surface area (Å²) in [5, 5.41) is 3.04. The lowest BCUT2D eigenvalue weighted by molar-refractivity contribution is -0.130. The van der Waals surface area contributed by atoms with E-state index in [0.29, 0.717) is 26.1 Å². The molecule has 1 amide bonds. The second kappa shape index (κ2) is 7.89. The second-order valence-corrected chi connectivity index (χ2v) is 6.79. The van der Waals surface area contributed by atoms with Crippen molar-refractivity contribution in [3.05, 3.63) is 54.1 Å². The molecule has 0 bridgehead atoms. The molecule has 5 heteroatoms. The monoisotopic (exact) mass is 354 g/mol. The molecule has 26 heavy (non-hydrogen) atoms. The Morgan fingerprint density at radius 1 is 1.15 bits per heavy atom. The number of amides is 1. The molecular formula is C21H26N2O3. The highest BCUT2D eigenvalue weighted by Crippen LogP contribution is 2.30. The molecule has 1 unspecified atom stereocenters. The Kier molecular flexibility index (Phi) is 5.59. The smallest absolute Gasteiger partial charge is 0.240 e. The molecule has 1 fully saturated rings. The van der Waals surface area contributed by atoms with Crippen molar-refractivity contribution in [3.8, 4) is 16.9 Å². The SMILES string of the molecule is COc1ccccc1-c1ccc(C(C)NC(=O)C2(N)CCOCC2)cc1. The molecule has 5 nitrogen and oxygen atoms in total.